The van der Waals surface area contributed by atoms with Crippen LogP contribution in [0.25, 0.3) is 0 Å². The summed E-state index contributed by atoms with van der Waals surface area (Å²) in [5.74, 6) is 0. The highest BCUT2D eigenvalue weighted by atomic mass is 16.7. The predicted molar refractivity (Wildman–Crippen MR) is 71.1 cm³/mol. The zero-order valence-corrected chi connectivity index (χ0v) is 11.3. The lowest BCUT2D eigenvalue weighted by atomic mass is 9.99. The molecule has 6 atom stereocenters. The van der Waals surface area contributed by atoms with E-state index in [1.54, 1.807) is 24.3 Å². The average Bonchev–Trinajstić information content (AvgIpc) is 2.53. The Labute approximate surface area is 122 Å². The van der Waals surface area contributed by atoms with E-state index in [4.69, 9.17) is 14.6 Å². The third-order valence-electron chi connectivity index (χ3n) is 3.48. The van der Waals surface area contributed by atoms with Crippen molar-refractivity contribution in [2.24, 2.45) is 0 Å². The summed E-state index contributed by atoms with van der Waals surface area (Å²) in [6, 6.07) is 8.84. The molecule has 0 spiro atoms. The molecule has 21 heavy (non-hydrogen) atoms. The van der Waals surface area contributed by atoms with Crippen LogP contribution in [0.5, 0.6) is 0 Å². The minimum Gasteiger partial charge on any atom is -0.394 e. The smallest absolute Gasteiger partial charge is 0.187 e. The summed E-state index contributed by atoms with van der Waals surface area (Å²) < 4.78 is 10.7. The van der Waals surface area contributed by atoms with Gasteiger partial charge in [-0.1, -0.05) is 30.3 Å². The van der Waals surface area contributed by atoms with Crippen LogP contribution >= 0.6 is 0 Å². The van der Waals surface area contributed by atoms with Crippen molar-refractivity contribution in [3.63, 3.8) is 0 Å². The topological polar surface area (TPSA) is 120 Å². The Bertz CT molecular complexity index is 425. The van der Waals surface area contributed by atoms with E-state index >= 15 is 0 Å². The zero-order chi connectivity index (χ0) is 15.4. The highest BCUT2D eigenvalue weighted by molar-refractivity contribution is 5.17. The lowest BCUT2D eigenvalue weighted by molar-refractivity contribution is -0.314. The van der Waals surface area contributed by atoms with E-state index in [1.165, 1.54) is 0 Å². The first kappa shape index (κ1) is 16.3. The largest absolute Gasteiger partial charge is 0.394 e. The molecule has 1 aliphatic rings. The molecule has 0 bridgehead atoms. The quantitative estimate of drug-likeness (QED) is 0.450. The van der Waals surface area contributed by atoms with Gasteiger partial charge in [-0.25, -0.2) is 0 Å². The molecule has 1 heterocycles. The summed E-state index contributed by atoms with van der Waals surface area (Å²) in [4.78, 5) is 0. The molecular formula is C14H20O7. The van der Waals surface area contributed by atoms with Crippen molar-refractivity contribution in [3.05, 3.63) is 35.9 Å². The van der Waals surface area contributed by atoms with Gasteiger partial charge in [0.2, 0.25) is 0 Å². The maximum atomic E-state index is 9.89. The highest BCUT2D eigenvalue weighted by Gasteiger charge is 2.44. The normalized spacial score (nSPS) is 34.6. The number of hydrogen-bond acceptors (Lipinski definition) is 7. The van der Waals surface area contributed by atoms with Gasteiger partial charge in [-0.2, -0.15) is 0 Å². The monoisotopic (exact) mass is 300 g/mol. The maximum absolute atomic E-state index is 9.89. The van der Waals surface area contributed by atoms with Crippen molar-refractivity contribution in [2.45, 2.75) is 36.8 Å². The molecule has 0 unspecified atom stereocenters. The van der Waals surface area contributed by atoms with Crippen LogP contribution in [-0.4, -0.2) is 69.5 Å². The number of benzene rings is 1. The van der Waals surface area contributed by atoms with Crippen molar-refractivity contribution in [1.29, 1.82) is 0 Å². The van der Waals surface area contributed by atoms with Crippen LogP contribution in [0.1, 0.15) is 11.7 Å². The standard InChI is InChI=1S/C14H20O7/c15-6-9(8-4-2-1-3-5-8)20-14-13(19)12(18)11(17)10(7-16)21-14/h1-5,9-19H,6-7H2/t9-,10+,11+,12-,13+,14+/m0/s1. The lowest BCUT2D eigenvalue weighted by Gasteiger charge is -2.40. The zero-order valence-electron chi connectivity index (χ0n) is 11.3. The molecule has 0 radical (unpaired) electrons. The van der Waals surface area contributed by atoms with Crippen molar-refractivity contribution >= 4 is 0 Å². The molecule has 0 amide bonds. The fourth-order valence-corrected chi connectivity index (χ4v) is 2.24. The summed E-state index contributed by atoms with van der Waals surface area (Å²) in [7, 11) is 0. The first-order chi connectivity index (χ1) is 10.1. The summed E-state index contributed by atoms with van der Waals surface area (Å²) in [5, 5.41) is 47.8. The van der Waals surface area contributed by atoms with E-state index in [0.29, 0.717) is 5.56 Å². The molecule has 2 rings (SSSR count). The maximum Gasteiger partial charge on any atom is 0.187 e. The second kappa shape index (κ2) is 7.28. The Morgan fingerprint density at radius 1 is 1.00 bits per heavy atom. The number of aliphatic hydroxyl groups excluding tert-OH is 5. The minimum absolute atomic E-state index is 0.348. The second-order valence-corrected chi connectivity index (χ2v) is 4.92. The minimum atomic E-state index is -1.50. The molecule has 1 fully saturated rings. The summed E-state index contributed by atoms with van der Waals surface area (Å²) in [6.45, 7) is -0.876. The number of rotatable bonds is 5. The third-order valence-corrected chi connectivity index (χ3v) is 3.48. The fraction of sp³-hybridized carbons (Fsp3) is 0.571. The Balaban J connectivity index is 2.09. The SMILES string of the molecule is OC[C@H](O[C@@H]1O[C@H](CO)[C@@H](O)[C@H](O)[C@H]1O)c1ccccc1. The van der Waals surface area contributed by atoms with Crippen LogP contribution < -0.4 is 0 Å². The van der Waals surface area contributed by atoms with E-state index in [1.807, 2.05) is 6.07 Å². The van der Waals surface area contributed by atoms with E-state index in [-0.39, 0.29) is 6.61 Å². The molecule has 0 aliphatic carbocycles. The lowest BCUT2D eigenvalue weighted by Crippen LogP contribution is -2.59. The molecule has 0 saturated carbocycles. The summed E-state index contributed by atoms with van der Waals surface area (Å²) in [5.41, 5.74) is 0.678. The molecule has 7 nitrogen and oxygen atoms in total. The molecule has 1 aromatic rings. The van der Waals surface area contributed by atoms with Crippen LogP contribution in [-0.2, 0) is 9.47 Å². The second-order valence-electron chi connectivity index (χ2n) is 4.92. The average molecular weight is 300 g/mol. The Kier molecular flexibility index (Phi) is 5.65. The van der Waals surface area contributed by atoms with Crippen LogP contribution in [0.3, 0.4) is 0 Å². The van der Waals surface area contributed by atoms with Crippen molar-refractivity contribution < 1.29 is 35.0 Å². The Hall–Kier alpha value is -1.06. The van der Waals surface area contributed by atoms with E-state index in [0.717, 1.165) is 0 Å². The van der Waals surface area contributed by atoms with Gasteiger partial charge in [0, 0.05) is 0 Å². The highest BCUT2D eigenvalue weighted by Crippen LogP contribution is 2.27. The van der Waals surface area contributed by atoms with Crippen molar-refractivity contribution in [1.82, 2.24) is 0 Å². The van der Waals surface area contributed by atoms with Gasteiger partial charge < -0.3 is 35.0 Å². The van der Waals surface area contributed by atoms with E-state index in [2.05, 4.69) is 0 Å². The van der Waals surface area contributed by atoms with Gasteiger partial charge >= 0.3 is 0 Å². The van der Waals surface area contributed by atoms with Crippen molar-refractivity contribution in [3.8, 4) is 0 Å². The van der Waals surface area contributed by atoms with Gasteiger partial charge in [0.25, 0.3) is 0 Å². The Morgan fingerprint density at radius 2 is 1.67 bits per heavy atom. The first-order valence-corrected chi connectivity index (χ1v) is 6.70. The van der Waals surface area contributed by atoms with Gasteiger partial charge in [0.15, 0.2) is 6.29 Å². The van der Waals surface area contributed by atoms with Crippen LogP contribution in [0.4, 0.5) is 0 Å². The fourth-order valence-electron chi connectivity index (χ4n) is 2.24. The van der Waals surface area contributed by atoms with Gasteiger partial charge in [-0.3, -0.25) is 0 Å². The molecule has 7 heteroatoms. The van der Waals surface area contributed by atoms with E-state index in [9.17, 15) is 20.4 Å². The van der Waals surface area contributed by atoms with Crippen molar-refractivity contribution in [2.75, 3.05) is 13.2 Å². The van der Waals surface area contributed by atoms with E-state index < -0.39 is 43.4 Å². The first-order valence-electron chi connectivity index (χ1n) is 6.70. The molecule has 1 aliphatic heterocycles. The predicted octanol–water partition coefficient (Wildman–Crippen LogP) is -1.46. The molecule has 1 aromatic carbocycles. The van der Waals surface area contributed by atoms with Gasteiger partial charge in [0.1, 0.15) is 30.5 Å². The number of aliphatic hydroxyl groups is 5. The molecule has 5 N–H and O–H groups in total. The molecule has 1 saturated heterocycles. The van der Waals surface area contributed by atoms with Gasteiger partial charge in [-0.05, 0) is 5.56 Å². The van der Waals surface area contributed by atoms with Gasteiger partial charge in [0.05, 0.1) is 13.2 Å². The summed E-state index contributed by atoms with van der Waals surface area (Å²) >= 11 is 0. The number of ether oxygens (including phenoxy) is 2. The molecular weight excluding hydrogens is 280 g/mol. The Morgan fingerprint density at radius 3 is 2.24 bits per heavy atom. The van der Waals surface area contributed by atoms with Crippen LogP contribution in [0.2, 0.25) is 0 Å². The summed E-state index contributed by atoms with van der Waals surface area (Å²) in [6.07, 6.45) is -7.49. The van der Waals surface area contributed by atoms with Gasteiger partial charge in [-0.15, -0.1) is 0 Å². The molecule has 0 aromatic heterocycles. The third kappa shape index (κ3) is 3.58. The van der Waals surface area contributed by atoms with Crippen LogP contribution in [0, 0.1) is 0 Å². The van der Waals surface area contributed by atoms with Crippen LogP contribution in [0.15, 0.2) is 30.3 Å². The molecule has 118 valence electrons. The number of hydrogen-bond donors (Lipinski definition) is 5.